The predicted octanol–water partition coefficient (Wildman–Crippen LogP) is 1.98. The Kier molecular flexibility index (Phi) is 5.12. The predicted molar refractivity (Wildman–Crippen MR) is 91.6 cm³/mol. The molecule has 0 unspecified atom stereocenters. The molecule has 0 saturated carbocycles. The Labute approximate surface area is 139 Å². The second-order valence-corrected chi connectivity index (χ2v) is 5.04. The van der Waals surface area contributed by atoms with E-state index in [1.165, 1.54) is 0 Å². The molecule has 0 spiro atoms. The summed E-state index contributed by atoms with van der Waals surface area (Å²) < 4.78 is 5.66. The molecule has 2 aromatic rings. The SMILES string of the molecule is CC#CCOc1ccc(C)cc1-c1cc(C(N)=O)c(NC(N)=O)[nH]1. The number of primary amides is 2. The smallest absolute Gasteiger partial charge is 0.317 e. The number of rotatable bonds is 5. The Morgan fingerprint density at radius 2 is 2.04 bits per heavy atom. The topological polar surface area (TPSA) is 123 Å². The molecule has 0 fully saturated rings. The molecule has 0 aliphatic rings. The fourth-order valence-corrected chi connectivity index (χ4v) is 2.18. The second kappa shape index (κ2) is 7.24. The van der Waals surface area contributed by atoms with Crippen LogP contribution in [-0.2, 0) is 0 Å². The minimum absolute atomic E-state index is 0.129. The number of ether oxygens (including phenoxy) is 1. The fraction of sp³-hybridized carbons (Fsp3) is 0.176. The number of carbonyl (C=O) groups is 2. The van der Waals surface area contributed by atoms with Crippen molar-refractivity contribution in [3.63, 3.8) is 0 Å². The maximum atomic E-state index is 11.6. The van der Waals surface area contributed by atoms with Crippen LogP contribution in [0.5, 0.6) is 5.75 Å². The molecule has 7 nitrogen and oxygen atoms in total. The first-order chi connectivity index (χ1) is 11.4. The van der Waals surface area contributed by atoms with E-state index in [-0.39, 0.29) is 18.0 Å². The van der Waals surface area contributed by atoms with Crippen molar-refractivity contribution in [2.75, 3.05) is 11.9 Å². The molecule has 124 valence electrons. The Balaban J connectivity index is 2.49. The van der Waals surface area contributed by atoms with E-state index in [0.29, 0.717) is 17.0 Å². The van der Waals surface area contributed by atoms with Crippen LogP contribution in [0.15, 0.2) is 24.3 Å². The number of aromatic amines is 1. The lowest BCUT2D eigenvalue weighted by atomic mass is 10.1. The van der Waals surface area contributed by atoms with Crippen LogP contribution in [0.1, 0.15) is 22.8 Å². The van der Waals surface area contributed by atoms with Gasteiger partial charge in [0.15, 0.2) is 0 Å². The molecule has 2 rings (SSSR count). The number of nitrogens with one attached hydrogen (secondary N) is 2. The quantitative estimate of drug-likeness (QED) is 0.628. The van der Waals surface area contributed by atoms with Crippen LogP contribution in [-0.4, -0.2) is 23.5 Å². The van der Waals surface area contributed by atoms with Crippen LogP contribution in [0.25, 0.3) is 11.3 Å². The van der Waals surface area contributed by atoms with Gasteiger partial charge in [-0.3, -0.25) is 10.1 Å². The minimum atomic E-state index is -0.801. The monoisotopic (exact) mass is 326 g/mol. The van der Waals surface area contributed by atoms with E-state index in [9.17, 15) is 9.59 Å². The highest BCUT2D eigenvalue weighted by molar-refractivity contribution is 6.03. The lowest BCUT2D eigenvalue weighted by Gasteiger charge is -2.09. The molecule has 1 heterocycles. The maximum absolute atomic E-state index is 11.6. The van der Waals surface area contributed by atoms with Crippen molar-refractivity contribution in [1.82, 2.24) is 4.98 Å². The highest BCUT2D eigenvalue weighted by Gasteiger charge is 2.17. The number of amides is 3. The molecule has 0 saturated heterocycles. The highest BCUT2D eigenvalue weighted by Crippen LogP contribution is 2.33. The Morgan fingerprint density at radius 1 is 1.29 bits per heavy atom. The average Bonchev–Trinajstić information content (AvgIpc) is 2.92. The summed E-state index contributed by atoms with van der Waals surface area (Å²) in [7, 11) is 0. The number of hydrogen-bond acceptors (Lipinski definition) is 3. The van der Waals surface area contributed by atoms with Crippen LogP contribution < -0.4 is 21.5 Å². The third kappa shape index (κ3) is 3.87. The number of aryl methyl sites for hydroxylation is 1. The Bertz CT molecular complexity index is 843. The number of aromatic nitrogens is 1. The third-order valence-corrected chi connectivity index (χ3v) is 3.23. The van der Waals surface area contributed by atoms with Crippen LogP contribution >= 0.6 is 0 Å². The standard InChI is InChI=1S/C17H18N4O3/c1-3-4-7-24-14-6-5-10(2)8-11(14)13-9-12(15(18)22)16(20-13)21-17(19)23/h5-6,8-9,20H,7H2,1-2H3,(H2,18,22)(H3,19,21,23). The van der Waals surface area contributed by atoms with Crippen molar-refractivity contribution in [2.45, 2.75) is 13.8 Å². The van der Waals surface area contributed by atoms with Crippen molar-refractivity contribution in [1.29, 1.82) is 0 Å². The van der Waals surface area contributed by atoms with E-state index in [2.05, 4.69) is 22.1 Å². The van der Waals surface area contributed by atoms with Gasteiger partial charge in [0.1, 0.15) is 18.2 Å². The average molecular weight is 326 g/mol. The van der Waals surface area contributed by atoms with Crippen molar-refractivity contribution in [2.24, 2.45) is 11.5 Å². The minimum Gasteiger partial charge on any atom is -0.480 e. The lowest BCUT2D eigenvalue weighted by molar-refractivity contribution is 0.100. The summed E-state index contributed by atoms with van der Waals surface area (Å²) in [5.74, 6) is 5.62. The van der Waals surface area contributed by atoms with Gasteiger partial charge in [-0.1, -0.05) is 17.6 Å². The van der Waals surface area contributed by atoms with Crippen LogP contribution in [0.2, 0.25) is 0 Å². The first-order valence-electron chi connectivity index (χ1n) is 7.15. The molecule has 1 aromatic carbocycles. The zero-order chi connectivity index (χ0) is 17.7. The van der Waals surface area contributed by atoms with Crippen LogP contribution in [0.4, 0.5) is 10.6 Å². The van der Waals surface area contributed by atoms with Crippen LogP contribution in [0, 0.1) is 18.8 Å². The first-order valence-corrected chi connectivity index (χ1v) is 7.15. The van der Waals surface area contributed by atoms with Gasteiger partial charge in [-0.25, -0.2) is 4.79 Å². The number of anilines is 1. The van der Waals surface area contributed by atoms with Gasteiger partial charge >= 0.3 is 6.03 Å². The summed E-state index contributed by atoms with van der Waals surface area (Å²) in [6.07, 6.45) is 0. The summed E-state index contributed by atoms with van der Waals surface area (Å²) in [4.78, 5) is 25.6. The van der Waals surface area contributed by atoms with Gasteiger partial charge in [-0.15, -0.1) is 5.92 Å². The van der Waals surface area contributed by atoms with Crippen LogP contribution in [0.3, 0.4) is 0 Å². The largest absolute Gasteiger partial charge is 0.480 e. The number of urea groups is 1. The summed E-state index contributed by atoms with van der Waals surface area (Å²) in [5, 5.41) is 2.35. The molecule has 0 aliphatic carbocycles. The summed E-state index contributed by atoms with van der Waals surface area (Å²) >= 11 is 0. The van der Waals surface area contributed by atoms with E-state index in [0.717, 1.165) is 5.56 Å². The summed E-state index contributed by atoms with van der Waals surface area (Å²) in [6, 6.07) is 6.34. The first kappa shape index (κ1) is 17.0. The molecule has 0 atom stereocenters. The van der Waals surface area contributed by atoms with E-state index >= 15 is 0 Å². The molecule has 6 N–H and O–H groups in total. The maximum Gasteiger partial charge on any atom is 0.317 e. The van der Waals surface area contributed by atoms with Crippen molar-refractivity contribution < 1.29 is 14.3 Å². The molecular weight excluding hydrogens is 308 g/mol. The zero-order valence-corrected chi connectivity index (χ0v) is 13.4. The second-order valence-electron chi connectivity index (χ2n) is 5.04. The lowest BCUT2D eigenvalue weighted by Crippen LogP contribution is -2.22. The summed E-state index contributed by atoms with van der Waals surface area (Å²) in [6.45, 7) is 3.90. The summed E-state index contributed by atoms with van der Waals surface area (Å²) in [5.41, 5.74) is 12.9. The van der Waals surface area contributed by atoms with Gasteiger partial charge in [0.05, 0.1) is 11.3 Å². The van der Waals surface area contributed by atoms with Gasteiger partial charge in [-0.05, 0) is 32.0 Å². The number of nitrogens with two attached hydrogens (primary N) is 2. The molecule has 0 radical (unpaired) electrons. The highest BCUT2D eigenvalue weighted by atomic mass is 16.5. The molecule has 0 aliphatic heterocycles. The number of hydrogen-bond donors (Lipinski definition) is 4. The van der Waals surface area contributed by atoms with E-state index < -0.39 is 11.9 Å². The van der Waals surface area contributed by atoms with E-state index in [4.69, 9.17) is 16.2 Å². The number of H-pyrrole nitrogens is 1. The van der Waals surface area contributed by atoms with E-state index in [1.807, 2.05) is 25.1 Å². The Morgan fingerprint density at radius 3 is 2.67 bits per heavy atom. The molecular formula is C17H18N4O3. The molecule has 24 heavy (non-hydrogen) atoms. The van der Waals surface area contributed by atoms with Gasteiger partial charge in [-0.2, -0.15) is 0 Å². The van der Waals surface area contributed by atoms with Crippen molar-refractivity contribution in [3.8, 4) is 28.8 Å². The van der Waals surface area contributed by atoms with Gasteiger partial charge < -0.3 is 21.2 Å². The van der Waals surface area contributed by atoms with Gasteiger partial charge in [0.2, 0.25) is 0 Å². The van der Waals surface area contributed by atoms with Gasteiger partial charge in [0, 0.05) is 5.56 Å². The van der Waals surface area contributed by atoms with Gasteiger partial charge in [0.25, 0.3) is 5.91 Å². The molecule has 3 amide bonds. The normalized spacial score (nSPS) is 9.75. The molecule has 0 bridgehead atoms. The number of benzene rings is 1. The molecule has 1 aromatic heterocycles. The van der Waals surface area contributed by atoms with Crippen molar-refractivity contribution >= 4 is 17.8 Å². The number of carbonyl (C=O) groups excluding carboxylic acids is 2. The molecule has 7 heteroatoms. The fourth-order valence-electron chi connectivity index (χ4n) is 2.18. The van der Waals surface area contributed by atoms with Crippen molar-refractivity contribution in [3.05, 3.63) is 35.4 Å². The Hall–Kier alpha value is -3.40. The van der Waals surface area contributed by atoms with E-state index in [1.54, 1.807) is 13.0 Å². The zero-order valence-electron chi connectivity index (χ0n) is 13.4. The third-order valence-electron chi connectivity index (χ3n) is 3.23.